The van der Waals surface area contributed by atoms with Crippen LogP contribution in [0.5, 0.6) is 0 Å². The van der Waals surface area contributed by atoms with Crippen molar-refractivity contribution in [3.8, 4) is 22.3 Å². The van der Waals surface area contributed by atoms with Gasteiger partial charge in [-0.05, 0) is 51.9 Å². The minimum absolute atomic E-state index is 0.0630. The van der Waals surface area contributed by atoms with Gasteiger partial charge < -0.3 is 9.22 Å². The number of fused-ring (bicyclic) bond motifs is 4. The zero-order valence-electron chi connectivity index (χ0n) is 25.4. The van der Waals surface area contributed by atoms with Crippen molar-refractivity contribution in [2.24, 2.45) is 11.8 Å². The van der Waals surface area contributed by atoms with Gasteiger partial charge in [0.1, 0.15) is 18.7 Å². The number of pyridine rings is 1. The zero-order chi connectivity index (χ0) is 29.9. The number of quaternary nitrogens is 1. The molecule has 44 heavy (non-hydrogen) atoms. The van der Waals surface area contributed by atoms with Crippen LogP contribution in [0, 0.1) is 11.8 Å². The smallest absolute Gasteiger partial charge is 0.135 e. The Hall–Kier alpha value is -4.31. The van der Waals surface area contributed by atoms with E-state index in [1.54, 1.807) is 0 Å². The molecule has 4 heterocycles. The highest BCUT2D eigenvalue weighted by atomic mass is 16.5. The number of ether oxygens (including phenoxy) is 1. The van der Waals surface area contributed by atoms with E-state index in [-0.39, 0.29) is 6.10 Å². The molecule has 3 aliphatic heterocycles. The first-order valence-corrected chi connectivity index (χ1v) is 16.0. The molecule has 0 spiro atoms. The van der Waals surface area contributed by atoms with Crippen LogP contribution >= 0.6 is 0 Å². The van der Waals surface area contributed by atoms with Gasteiger partial charge in [-0.15, -0.1) is 13.2 Å². The Labute approximate surface area is 261 Å². The molecule has 1 aromatic heterocycles. The highest BCUT2D eigenvalue weighted by molar-refractivity contribution is 5.82. The fraction of sp³-hybridized carbons (Fsp3) is 0.244. The number of hydrogen-bond acceptors (Lipinski definition) is 2. The van der Waals surface area contributed by atoms with Gasteiger partial charge in [-0.1, -0.05) is 103 Å². The Balaban J connectivity index is 1.37. The third-order valence-corrected chi connectivity index (χ3v) is 10.2. The van der Waals surface area contributed by atoms with Gasteiger partial charge >= 0.3 is 0 Å². The van der Waals surface area contributed by atoms with Crippen LogP contribution in [0.4, 0.5) is 0 Å². The number of aromatic nitrogens is 1. The SMILES string of the molecule is C=CCO[C@H](c1ccnc2ccccc12)[C@@H]1C[C@@H]2CC[N+]1(Cc1cc(-c3ccccc3)ccc1-c1ccccc1)C[C@@H]2C=C. The normalized spacial score (nSPS) is 23.3. The summed E-state index contributed by atoms with van der Waals surface area (Å²) < 4.78 is 7.82. The van der Waals surface area contributed by atoms with Crippen molar-refractivity contribution >= 4 is 10.9 Å². The summed E-state index contributed by atoms with van der Waals surface area (Å²) >= 11 is 0. The van der Waals surface area contributed by atoms with E-state index in [2.05, 4.69) is 128 Å². The van der Waals surface area contributed by atoms with E-state index in [1.807, 2.05) is 12.3 Å². The van der Waals surface area contributed by atoms with Crippen LogP contribution in [0.3, 0.4) is 0 Å². The zero-order valence-corrected chi connectivity index (χ0v) is 25.4. The van der Waals surface area contributed by atoms with Crippen LogP contribution in [0.1, 0.15) is 30.1 Å². The molecule has 0 saturated carbocycles. The number of hydrogen-bond donors (Lipinski definition) is 0. The summed E-state index contributed by atoms with van der Waals surface area (Å²) in [6.45, 7) is 12.0. The van der Waals surface area contributed by atoms with Gasteiger partial charge in [0.05, 0.1) is 25.2 Å². The van der Waals surface area contributed by atoms with Gasteiger partial charge in [-0.3, -0.25) is 4.98 Å². The maximum absolute atomic E-state index is 6.83. The third-order valence-electron chi connectivity index (χ3n) is 10.2. The first-order chi connectivity index (χ1) is 21.7. The molecule has 3 heteroatoms. The second-order valence-corrected chi connectivity index (χ2v) is 12.6. The minimum atomic E-state index is -0.0630. The predicted octanol–water partition coefficient (Wildman–Crippen LogP) is 9.42. The monoisotopic (exact) mass is 577 g/mol. The summed E-state index contributed by atoms with van der Waals surface area (Å²) in [5, 5.41) is 1.18. The van der Waals surface area contributed by atoms with Crippen molar-refractivity contribution in [2.75, 3.05) is 19.7 Å². The predicted molar refractivity (Wildman–Crippen MR) is 182 cm³/mol. The van der Waals surface area contributed by atoms with E-state index in [9.17, 15) is 0 Å². The maximum atomic E-state index is 6.83. The minimum Gasteiger partial charge on any atom is -0.363 e. The molecule has 4 aromatic carbocycles. The fourth-order valence-corrected chi connectivity index (χ4v) is 8.08. The van der Waals surface area contributed by atoms with E-state index < -0.39 is 0 Å². The molecule has 5 atom stereocenters. The molecule has 8 rings (SSSR count). The van der Waals surface area contributed by atoms with Gasteiger partial charge in [0.15, 0.2) is 0 Å². The van der Waals surface area contributed by atoms with E-state index in [1.165, 1.54) is 45.2 Å². The van der Waals surface area contributed by atoms with Crippen LogP contribution in [-0.2, 0) is 11.3 Å². The van der Waals surface area contributed by atoms with Crippen molar-refractivity contribution in [1.82, 2.24) is 4.98 Å². The largest absolute Gasteiger partial charge is 0.363 e. The third kappa shape index (κ3) is 5.32. The van der Waals surface area contributed by atoms with E-state index in [0.717, 1.165) is 36.1 Å². The molecule has 220 valence electrons. The Morgan fingerprint density at radius 3 is 2.36 bits per heavy atom. The van der Waals surface area contributed by atoms with Crippen LogP contribution in [-0.4, -0.2) is 35.2 Å². The lowest BCUT2D eigenvalue weighted by Crippen LogP contribution is -2.67. The molecule has 0 radical (unpaired) electrons. The highest BCUT2D eigenvalue weighted by Gasteiger charge is 2.54. The first kappa shape index (κ1) is 28.5. The second kappa shape index (κ2) is 12.4. The van der Waals surface area contributed by atoms with E-state index >= 15 is 0 Å². The van der Waals surface area contributed by atoms with Crippen LogP contribution in [0.25, 0.3) is 33.2 Å². The second-order valence-electron chi connectivity index (χ2n) is 12.6. The molecular formula is C41H41N2O+. The summed E-state index contributed by atoms with van der Waals surface area (Å²) in [6, 6.07) is 39.7. The standard InChI is InChI=1S/C41H41N2O/c1-3-25-44-41(38-21-23-42-39-18-12-11-17-37(38)39)40-27-34-22-24-43(40,28-30(34)4-2)29-35-26-33(31-13-7-5-8-14-31)19-20-36(35)32-15-9-6-10-16-32/h3-21,23,26,30,34,40-41H,1-2,22,24-25,27-29H2/q+1/t30-,34-,40-,41+,43?/m0/s1. The maximum Gasteiger partial charge on any atom is 0.135 e. The molecule has 3 nitrogen and oxygen atoms in total. The molecular weight excluding hydrogens is 536 g/mol. The van der Waals surface area contributed by atoms with Gasteiger partial charge in [0.2, 0.25) is 0 Å². The molecule has 1 unspecified atom stereocenters. The lowest BCUT2D eigenvalue weighted by molar-refractivity contribution is -0.985. The summed E-state index contributed by atoms with van der Waals surface area (Å²) in [7, 11) is 0. The molecule has 0 amide bonds. The van der Waals surface area contributed by atoms with E-state index in [0.29, 0.717) is 24.5 Å². The number of rotatable bonds is 10. The van der Waals surface area contributed by atoms with Crippen molar-refractivity contribution < 1.29 is 9.22 Å². The average molecular weight is 578 g/mol. The molecule has 0 aliphatic carbocycles. The fourth-order valence-electron chi connectivity index (χ4n) is 8.08. The molecule has 3 fully saturated rings. The van der Waals surface area contributed by atoms with Gasteiger partial charge in [-0.25, -0.2) is 0 Å². The highest BCUT2D eigenvalue weighted by Crippen LogP contribution is 2.50. The summed E-state index contributed by atoms with van der Waals surface area (Å²) in [4.78, 5) is 4.70. The Morgan fingerprint density at radius 1 is 0.841 bits per heavy atom. The van der Waals surface area contributed by atoms with Crippen molar-refractivity contribution in [3.63, 3.8) is 0 Å². The Bertz CT molecular complexity index is 1760. The van der Waals surface area contributed by atoms with Crippen molar-refractivity contribution in [2.45, 2.75) is 31.5 Å². The van der Waals surface area contributed by atoms with E-state index in [4.69, 9.17) is 9.72 Å². The number of benzene rings is 4. The molecule has 0 N–H and O–H groups in total. The lowest BCUT2D eigenvalue weighted by atomic mass is 9.70. The van der Waals surface area contributed by atoms with Crippen LogP contribution in [0.2, 0.25) is 0 Å². The molecule has 3 aliphatic rings. The molecule has 5 aromatic rings. The quantitative estimate of drug-likeness (QED) is 0.122. The van der Waals surface area contributed by atoms with Crippen molar-refractivity contribution in [1.29, 1.82) is 0 Å². The van der Waals surface area contributed by atoms with Gasteiger partial charge in [0.25, 0.3) is 0 Å². The summed E-state index contributed by atoms with van der Waals surface area (Å²) in [5.74, 6) is 1.14. The van der Waals surface area contributed by atoms with Crippen LogP contribution in [0.15, 0.2) is 141 Å². The average Bonchev–Trinajstić information content (AvgIpc) is 3.09. The van der Waals surface area contributed by atoms with Crippen molar-refractivity contribution in [3.05, 3.63) is 152 Å². The number of piperidine rings is 3. The topological polar surface area (TPSA) is 22.1 Å². The molecule has 3 saturated heterocycles. The Kier molecular flexibility index (Phi) is 7.99. The van der Waals surface area contributed by atoms with Gasteiger partial charge in [0, 0.05) is 35.9 Å². The summed E-state index contributed by atoms with van der Waals surface area (Å²) in [6.07, 6.45) is 8.35. The lowest BCUT2D eigenvalue weighted by Gasteiger charge is -2.58. The van der Waals surface area contributed by atoms with Crippen LogP contribution < -0.4 is 0 Å². The number of nitrogens with zero attached hydrogens (tertiary/aromatic N) is 2. The van der Waals surface area contributed by atoms with Gasteiger partial charge in [-0.2, -0.15) is 0 Å². The molecule has 2 bridgehead atoms. The number of para-hydroxylation sites is 1. The Morgan fingerprint density at radius 2 is 1.59 bits per heavy atom. The summed E-state index contributed by atoms with van der Waals surface area (Å²) in [5.41, 5.74) is 8.76. The first-order valence-electron chi connectivity index (χ1n) is 16.0.